The van der Waals surface area contributed by atoms with Crippen molar-refractivity contribution in [2.45, 2.75) is 26.8 Å². The maximum atomic E-state index is 11.2. The largest absolute Gasteiger partial charge is 0.481 e. The van der Waals surface area contributed by atoms with Crippen LogP contribution in [0, 0.1) is 5.41 Å². The van der Waals surface area contributed by atoms with E-state index in [2.05, 4.69) is 17.4 Å². The summed E-state index contributed by atoms with van der Waals surface area (Å²) in [4.78, 5) is 11.2. The van der Waals surface area contributed by atoms with Crippen LogP contribution in [0.5, 0.6) is 0 Å². The molecular formula is C22H25N3O2. The molecule has 3 rings (SSSR count). The number of nitrogens with zero attached hydrogens (tertiary/aromatic N) is 2. The topological polar surface area (TPSA) is 67.2 Å². The minimum Gasteiger partial charge on any atom is -0.481 e. The standard InChI is InChI=1S/C22H25N3O2/c1-22(2,21(26)27)13-14-23-15-18-16-25(19-11-7-4-8-12-19)24-20(18)17-9-5-3-6-10-17/h3-12,16,23H,13-15H2,1-2H3,(H,26,27). The third kappa shape index (κ3) is 4.63. The molecule has 5 heteroatoms. The molecule has 2 aromatic carbocycles. The van der Waals surface area contributed by atoms with Gasteiger partial charge in [0.25, 0.3) is 0 Å². The van der Waals surface area contributed by atoms with Crippen LogP contribution in [-0.2, 0) is 11.3 Å². The molecule has 2 N–H and O–H groups in total. The van der Waals surface area contributed by atoms with Crippen LogP contribution in [0.3, 0.4) is 0 Å². The molecule has 0 saturated heterocycles. The lowest BCUT2D eigenvalue weighted by molar-refractivity contribution is -0.147. The van der Waals surface area contributed by atoms with E-state index in [1.165, 1.54) is 0 Å². The van der Waals surface area contributed by atoms with Crippen molar-refractivity contribution in [3.63, 3.8) is 0 Å². The molecule has 0 radical (unpaired) electrons. The maximum Gasteiger partial charge on any atom is 0.309 e. The number of aromatic nitrogens is 2. The summed E-state index contributed by atoms with van der Waals surface area (Å²) < 4.78 is 1.89. The van der Waals surface area contributed by atoms with E-state index in [0.717, 1.165) is 22.5 Å². The van der Waals surface area contributed by atoms with Gasteiger partial charge in [0.05, 0.1) is 16.8 Å². The lowest BCUT2D eigenvalue weighted by Gasteiger charge is -2.18. The Labute approximate surface area is 159 Å². The van der Waals surface area contributed by atoms with Crippen molar-refractivity contribution < 1.29 is 9.90 Å². The number of benzene rings is 2. The van der Waals surface area contributed by atoms with Gasteiger partial charge in [0.15, 0.2) is 0 Å². The van der Waals surface area contributed by atoms with Gasteiger partial charge in [-0.15, -0.1) is 0 Å². The molecule has 5 nitrogen and oxygen atoms in total. The zero-order valence-electron chi connectivity index (χ0n) is 15.7. The van der Waals surface area contributed by atoms with Gasteiger partial charge in [-0.25, -0.2) is 4.68 Å². The number of hydrogen-bond acceptors (Lipinski definition) is 3. The second kappa shape index (κ2) is 8.18. The number of hydrogen-bond donors (Lipinski definition) is 2. The zero-order valence-corrected chi connectivity index (χ0v) is 15.7. The lowest BCUT2D eigenvalue weighted by Crippen LogP contribution is -2.28. The van der Waals surface area contributed by atoms with E-state index in [1.54, 1.807) is 13.8 Å². The Morgan fingerprint density at radius 2 is 1.70 bits per heavy atom. The van der Waals surface area contributed by atoms with E-state index in [1.807, 2.05) is 59.4 Å². The summed E-state index contributed by atoms with van der Waals surface area (Å²) in [5.74, 6) is -0.772. The number of aliphatic carboxylic acids is 1. The minimum atomic E-state index is -0.772. The number of carboxylic acids is 1. The van der Waals surface area contributed by atoms with Crippen LogP contribution in [0.1, 0.15) is 25.8 Å². The number of rotatable bonds is 8. The van der Waals surface area contributed by atoms with Crippen molar-refractivity contribution in [3.05, 3.63) is 72.4 Å². The van der Waals surface area contributed by atoms with Crippen LogP contribution in [-0.4, -0.2) is 27.4 Å². The second-order valence-corrected chi connectivity index (χ2v) is 7.26. The van der Waals surface area contributed by atoms with Crippen molar-refractivity contribution in [2.75, 3.05) is 6.54 Å². The van der Waals surface area contributed by atoms with E-state index in [-0.39, 0.29) is 0 Å². The van der Waals surface area contributed by atoms with Gasteiger partial charge in [0.1, 0.15) is 0 Å². The summed E-state index contributed by atoms with van der Waals surface area (Å²) in [7, 11) is 0. The fourth-order valence-corrected chi connectivity index (χ4v) is 2.82. The predicted octanol–water partition coefficient (Wildman–Crippen LogP) is 4.13. The molecule has 0 atom stereocenters. The maximum absolute atomic E-state index is 11.2. The lowest BCUT2D eigenvalue weighted by atomic mass is 9.90. The SMILES string of the molecule is CC(C)(CCNCc1cn(-c2ccccc2)nc1-c1ccccc1)C(=O)O. The van der Waals surface area contributed by atoms with E-state index < -0.39 is 11.4 Å². The first-order chi connectivity index (χ1) is 13.0. The summed E-state index contributed by atoms with van der Waals surface area (Å²) >= 11 is 0. The Bertz CT molecular complexity index is 886. The zero-order chi connectivity index (χ0) is 19.3. The molecule has 0 amide bonds. The Hall–Kier alpha value is -2.92. The average Bonchev–Trinajstić information content (AvgIpc) is 3.11. The summed E-state index contributed by atoms with van der Waals surface area (Å²) in [6, 6.07) is 20.1. The van der Waals surface area contributed by atoms with Gasteiger partial charge in [0.2, 0.25) is 0 Å². The van der Waals surface area contributed by atoms with Gasteiger partial charge >= 0.3 is 5.97 Å². The van der Waals surface area contributed by atoms with Gasteiger partial charge in [-0.2, -0.15) is 5.10 Å². The molecule has 27 heavy (non-hydrogen) atoms. The molecule has 0 saturated carbocycles. The fraction of sp³-hybridized carbons (Fsp3) is 0.273. The normalized spacial score (nSPS) is 11.5. The smallest absolute Gasteiger partial charge is 0.309 e. The Balaban J connectivity index is 1.79. The van der Waals surface area contributed by atoms with Crippen LogP contribution >= 0.6 is 0 Å². The highest BCUT2D eigenvalue weighted by Crippen LogP contribution is 2.24. The third-order valence-corrected chi connectivity index (χ3v) is 4.68. The molecule has 3 aromatic rings. The van der Waals surface area contributed by atoms with E-state index >= 15 is 0 Å². The third-order valence-electron chi connectivity index (χ3n) is 4.68. The average molecular weight is 363 g/mol. The van der Waals surface area contributed by atoms with Gasteiger partial charge in [-0.05, 0) is 38.9 Å². The first-order valence-electron chi connectivity index (χ1n) is 9.11. The molecule has 0 spiro atoms. The molecule has 0 unspecified atom stereocenters. The summed E-state index contributed by atoms with van der Waals surface area (Å²) in [6.45, 7) is 4.76. The first-order valence-corrected chi connectivity index (χ1v) is 9.11. The molecule has 1 heterocycles. The molecule has 140 valence electrons. The Kier molecular flexibility index (Phi) is 5.72. The highest BCUT2D eigenvalue weighted by atomic mass is 16.4. The number of carboxylic acid groups (broad SMARTS) is 1. The van der Waals surface area contributed by atoms with Crippen molar-refractivity contribution in [2.24, 2.45) is 5.41 Å². The Morgan fingerprint density at radius 3 is 2.33 bits per heavy atom. The van der Waals surface area contributed by atoms with Gasteiger partial charge in [-0.3, -0.25) is 4.79 Å². The molecular weight excluding hydrogens is 338 g/mol. The molecule has 0 aliphatic carbocycles. The van der Waals surface area contributed by atoms with Crippen LogP contribution < -0.4 is 5.32 Å². The Morgan fingerprint density at radius 1 is 1.07 bits per heavy atom. The predicted molar refractivity (Wildman–Crippen MR) is 107 cm³/mol. The van der Waals surface area contributed by atoms with E-state index in [4.69, 9.17) is 5.10 Å². The molecule has 0 bridgehead atoms. The van der Waals surface area contributed by atoms with Crippen molar-refractivity contribution in [1.29, 1.82) is 0 Å². The van der Waals surface area contributed by atoms with Crippen LogP contribution in [0.4, 0.5) is 0 Å². The molecule has 0 aliphatic rings. The van der Waals surface area contributed by atoms with Crippen molar-refractivity contribution in [3.8, 4) is 16.9 Å². The van der Waals surface area contributed by atoms with Gasteiger partial charge in [0, 0.05) is 23.9 Å². The van der Waals surface area contributed by atoms with Crippen LogP contribution in [0.2, 0.25) is 0 Å². The molecule has 1 aromatic heterocycles. The van der Waals surface area contributed by atoms with Gasteiger partial charge in [-0.1, -0.05) is 48.5 Å². The fourth-order valence-electron chi connectivity index (χ4n) is 2.82. The number of para-hydroxylation sites is 1. The summed E-state index contributed by atoms with van der Waals surface area (Å²) in [5.41, 5.74) is 3.36. The monoisotopic (exact) mass is 363 g/mol. The molecule has 0 aliphatic heterocycles. The van der Waals surface area contributed by atoms with Crippen LogP contribution in [0.25, 0.3) is 16.9 Å². The summed E-state index contributed by atoms with van der Waals surface area (Å²) in [6.07, 6.45) is 2.60. The minimum absolute atomic E-state index is 0.565. The molecule has 0 fully saturated rings. The van der Waals surface area contributed by atoms with Crippen LogP contribution in [0.15, 0.2) is 66.9 Å². The highest BCUT2D eigenvalue weighted by molar-refractivity contribution is 5.73. The summed E-state index contributed by atoms with van der Waals surface area (Å²) in [5, 5.41) is 17.4. The quantitative estimate of drug-likeness (QED) is 0.591. The second-order valence-electron chi connectivity index (χ2n) is 7.26. The first kappa shape index (κ1) is 18.9. The van der Waals surface area contributed by atoms with Crippen molar-refractivity contribution in [1.82, 2.24) is 15.1 Å². The number of nitrogens with one attached hydrogen (secondary N) is 1. The van der Waals surface area contributed by atoms with Gasteiger partial charge < -0.3 is 10.4 Å². The number of carbonyl (C=O) groups is 1. The highest BCUT2D eigenvalue weighted by Gasteiger charge is 2.26. The van der Waals surface area contributed by atoms with Crippen molar-refractivity contribution >= 4 is 5.97 Å². The van der Waals surface area contributed by atoms with E-state index in [0.29, 0.717) is 19.5 Å². The van der Waals surface area contributed by atoms with E-state index in [9.17, 15) is 9.90 Å².